The summed E-state index contributed by atoms with van der Waals surface area (Å²) in [6.45, 7) is 15.2. The highest BCUT2D eigenvalue weighted by Gasteiger charge is 2.16. The lowest BCUT2D eigenvalue weighted by atomic mass is 10.1. The van der Waals surface area contributed by atoms with Gasteiger partial charge in [0.2, 0.25) is 0 Å². The Bertz CT molecular complexity index is 5870. The number of fused-ring (bicyclic) bond motifs is 8. The second-order valence-electron chi connectivity index (χ2n) is 33.7. The minimum Gasteiger partial charge on any atom is -0.361 e. The number of aromatic nitrogens is 8. The Morgan fingerprint density at radius 1 is 0.237 bits per heavy atom. The first-order valence-electron chi connectivity index (χ1n) is 41.8. The molecule has 0 saturated carbocycles. The van der Waals surface area contributed by atoms with Crippen molar-refractivity contribution >= 4 is 268 Å². The van der Waals surface area contributed by atoms with E-state index in [9.17, 15) is 0 Å². The first-order valence-corrected chi connectivity index (χ1v) is 50.5. The third kappa shape index (κ3) is 38.0. The molecule has 0 unspecified atom stereocenters. The fourth-order valence-corrected chi connectivity index (χ4v) is 20.0. The highest BCUT2D eigenvalue weighted by atomic mass is 127. The summed E-state index contributed by atoms with van der Waals surface area (Å²) in [6.07, 6.45) is 21.7. The van der Waals surface area contributed by atoms with Gasteiger partial charge >= 0.3 is 0 Å². The molecule has 8 aromatic heterocycles. The van der Waals surface area contributed by atoms with E-state index < -0.39 is 0 Å². The van der Waals surface area contributed by atoms with Gasteiger partial charge < -0.3 is 79.1 Å². The van der Waals surface area contributed by atoms with Gasteiger partial charge in [-0.3, -0.25) is 0 Å². The summed E-state index contributed by atoms with van der Waals surface area (Å²) >= 11 is 19.1. The maximum atomic E-state index is 3.45. The van der Waals surface area contributed by atoms with Crippen LogP contribution in [0.3, 0.4) is 0 Å². The summed E-state index contributed by atoms with van der Waals surface area (Å²) in [5.41, 5.74) is 25.4. The molecule has 0 saturated heterocycles. The highest BCUT2D eigenvalue weighted by molar-refractivity contribution is 14.1. The van der Waals surface area contributed by atoms with Crippen LogP contribution in [0.4, 0.5) is 0 Å². The van der Waals surface area contributed by atoms with E-state index in [1.165, 1.54) is 177 Å². The zero-order valence-electron chi connectivity index (χ0n) is 75.2. The normalized spacial score (nSPS) is 10.8. The molecule has 8 heterocycles. The number of H-pyrrole nitrogens is 8. The Hall–Kier alpha value is -4.40. The Kier molecular flexibility index (Phi) is 58.8. The van der Waals surface area contributed by atoms with Crippen LogP contribution in [0.5, 0.6) is 0 Å². The van der Waals surface area contributed by atoms with Crippen molar-refractivity contribution in [2.45, 2.75) is 132 Å². The van der Waals surface area contributed by atoms with E-state index >= 15 is 0 Å². The van der Waals surface area contributed by atoms with Gasteiger partial charge in [0, 0.05) is 198 Å². The Labute approximate surface area is 899 Å². The number of rotatable bonds is 24. The van der Waals surface area contributed by atoms with Gasteiger partial charge in [-0.1, -0.05) is 114 Å². The van der Waals surface area contributed by atoms with Crippen molar-refractivity contribution in [1.82, 2.24) is 79.1 Å². The molecule has 16 aromatic rings. The number of halogens is 8. The number of para-hydroxylation sites is 1. The van der Waals surface area contributed by atoms with E-state index in [0.717, 1.165) is 104 Å². The number of benzene rings is 8. The fourth-order valence-electron chi connectivity index (χ4n) is 14.3. The predicted octanol–water partition coefficient (Wildman–Crippen LogP) is 29.0. The molecule has 16 nitrogen and oxygen atoms in total. The van der Waals surface area contributed by atoms with Gasteiger partial charge in [0.05, 0.1) is 7.40 Å². The van der Waals surface area contributed by atoms with Crippen molar-refractivity contribution < 1.29 is 0 Å². The summed E-state index contributed by atoms with van der Waals surface area (Å²) in [5.74, 6) is 0. The third-order valence-corrected chi connectivity index (χ3v) is 28.9. The number of hydrogen-bond donors (Lipinski definition) is 8. The van der Waals surface area contributed by atoms with Gasteiger partial charge in [-0.15, -0.1) is 0 Å². The average molecular weight is 2680 g/mol. The summed E-state index contributed by atoms with van der Waals surface area (Å²) in [6, 6.07) is 49.9. The molecule has 8 aromatic carbocycles. The topological polar surface area (TPSA) is 152 Å². The molecular formula is C107H158I8N16. The van der Waals surface area contributed by atoms with Gasteiger partial charge in [-0.05, 0) is 512 Å². The number of nitrogens with one attached hydrogen (secondary N) is 8. The van der Waals surface area contributed by atoms with Crippen LogP contribution in [0.25, 0.3) is 87.2 Å². The first kappa shape index (κ1) is 125. The fraction of sp³-hybridized carbons (Fsp3) is 0.402. The van der Waals surface area contributed by atoms with Crippen molar-refractivity contribution in [2.24, 2.45) is 0 Å². The molecule has 0 aliphatic rings. The summed E-state index contributed by atoms with van der Waals surface area (Å²) in [5, 5.41) is 11.0. The van der Waals surface area contributed by atoms with Crippen LogP contribution in [0.2, 0.25) is 0 Å². The molecule has 0 aliphatic carbocycles. The predicted molar refractivity (Wildman–Crippen MR) is 654 cm³/mol. The number of hydrogen-bond acceptors (Lipinski definition) is 8. The number of aryl methyl sites for hydroxylation is 3. The van der Waals surface area contributed by atoms with E-state index in [2.05, 4.69) is 570 Å². The monoisotopic (exact) mass is 2680 g/mol. The van der Waals surface area contributed by atoms with E-state index in [4.69, 9.17) is 0 Å². The Morgan fingerprint density at radius 3 is 1.02 bits per heavy atom. The third-order valence-electron chi connectivity index (χ3n) is 21.4. The first-order chi connectivity index (χ1) is 58.6. The summed E-state index contributed by atoms with van der Waals surface area (Å²) < 4.78 is 10.5. The maximum absolute atomic E-state index is 3.45. The quantitative estimate of drug-likeness (QED) is 0.0279. The Morgan fingerprint density at radius 2 is 0.565 bits per heavy atom. The minimum atomic E-state index is 0. The minimum absolute atomic E-state index is 0. The van der Waals surface area contributed by atoms with Crippen LogP contribution in [-0.2, 0) is 51.4 Å². The molecule has 0 atom stereocenters. The molecule has 722 valence electrons. The average Bonchev–Trinajstić information content (AvgIpc) is 1.64. The van der Waals surface area contributed by atoms with Crippen molar-refractivity contribution in [1.29, 1.82) is 0 Å². The van der Waals surface area contributed by atoms with Crippen molar-refractivity contribution in [3.63, 3.8) is 0 Å². The molecule has 16 rings (SSSR count). The summed E-state index contributed by atoms with van der Waals surface area (Å²) in [4.78, 5) is 44.6. The molecule has 0 bridgehead atoms. The van der Waals surface area contributed by atoms with Crippen molar-refractivity contribution in [2.75, 3.05) is 165 Å². The molecule has 0 fully saturated rings. The van der Waals surface area contributed by atoms with Crippen molar-refractivity contribution in [3.8, 4) is 0 Å². The molecule has 8 N–H and O–H groups in total. The van der Waals surface area contributed by atoms with E-state index in [-0.39, 0.29) is 59.4 Å². The smallest absolute Gasteiger partial charge is 0.0815 e. The van der Waals surface area contributed by atoms with Gasteiger partial charge in [0.25, 0.3) is 0 Å². The van der Waals surface area contributed by atoms with E-state index in [0.29, 0.717) is 0 Å². The molecule has 131 heavy (non-hydrogen) atoms. The van der Waals surface area contributed by atoms with Crippen LogP contribution >= 0.6 is 181 Å². The van der Waals surface area contributed by atoms with Gasteiger partial charge in [0.1, 0.15) is 0 Å². The second kappa shape index (κ2) is 61.8. The molecule has 0 amide bonds. The van der Waals surface area contributed by atoms with Crippen LogP contribution in [0, 0.1) is 49.6 Å². The zero-order chi connectivity index (χ0) is 89.3. The maximum Gasteiger partial charge on any atom is 0.0815 e. The summed E-state index contributed by atoms with van der Waals surface area (Å²) in [7, 11) is 33.8. The lowest BCUT2D eigenvalue weighted by molar-refractivity contribution is 0.414. The number of aromatic amines is 8. The van der Waals surface area contributed by atoms with Gasteiger partial charge in [-0.2, -0.15) is 0 Å². The standard InChI is InChI=1S/3C13H17IN2.5C12H15IN2.8CH4/c1-9-6-11-10(4-5-16(2)3)8-15-13(11)7-12(9)14;1-9-4-5-11-12(13(9)14)10(8-15-11)6-7-16(2)3;1-9-4-5-12-11(8-9)10(13(14)15-12)6-7-16(2)3;1-15(2)6-5-9-8-14-12-4-3-10(13)7-11(9)12;1-15(2)6-5-9-8-14-12-7-10(13)3-4-11(9)12;2*1-15(2)7-6-9-8-14-11-5-3-4-10(13)12(9)11;1-15(2)8-7-10-9-5-3-4-6-11(9)14-12(10)13;;;;;;;;/h6-8,15H,4-5H2,1-3H3;2*4-5,8,15H,6-7H2,1-3H3;2*3-4,7-8,14H,5-6H2,1-2H3;2*3-5,8,14H,6-7H2,1-2H3;3-6,14H,7-8H2,1-2H3;8*1H4. The lowest BCUT2D eigenvalue weighted by Crippen LogP contribution is -2.15. The van der Waals surface area contributed by atoms with Crippen LogP contribution in [0.15, 0.2) is 177 Å². The van der Waals surface area contributed by atoms with Gasteiger partial charge in [0.15, 0.2) is 0 Å². The van der Waals surface area contributed by atoms with Crippen LogP contribution in [0.1, 0.15) is 121 Å². The second-order valence-corrected chi connectivity index (χ2v) is 42.9. The van der Waals surface area contributed by atoms with E-state index in [1.54, 1.807) is 0 Å². The van der Waals surface area contributed by atoms with Crippen LogP contribution < -0.4 is 0 Å². The molecular weight excluding hydrogens is 2520 g/mol. The largest absolute Gasteiger partial charge is 0.361 e. The van der Waals surface area contributed by atoms with Gasteiger partial charge in [-0.25, -0.2) is 0 Å². The molecule has 0 aliphatic heterocycles. The highest BCUT2D eigenvalue weighted by Crippen LogP contribution is 2.32. The number of likely N-dealkylation sites (N-methyl/N-ethyl adjacent to an activating group) is 8. The van der Waals surface area contributed by atoms with Crippen LogP contribution in [-0.4, -0.2) is 244 Å². The van der Waals surface area contributed by atoms with Crippen molar-refractivity contribution in [3.05, 3.63) is 267 Å². The lowest BCUT2D eigenvalue weighted by Gasteiger charge is -2.09. The number of nitrogens with zero attached hydrogens (tertiary/aromatic N) is 8. The SMILES string of the molecule is C.C.C.C.C.C.C.C.CN(C)CCc1c(I)[nH]c2ccccc12.CN(C)CCc1c[nH]c2cc(I)ccc12.CN(C)CCc1c[nH]c2ccc(I)cc12.CN(C)CCc1c[nH]c2cccc(I)c12.CN(C)CCc1c[nH]c2cccc(I)c12.Cc1cc2c(CCN(C)C)c[nH]c2cc1I.Cc1ccc2[nH]c(I)c(CCN(C)C)c2c1.Cc1ccc2[nH]cc(CCN(C)C)c2c1I. The Balaban J connectivity index is 0.000000742. The molecule has 24 heteroatoms. The molecule has 0 spiro atoms. The molecule has 0 radical (unpaired) electrons. The zero-order valence-corrected chi connectivity index (χ0v) is 92.4. The van der Waals surface area contributed by atoms with E-state index in [1.807, 2.05) is 0 Å².